The Balaban J connectivity index is 2.62. The van der Waals surface area contributed by atoms with Crippen LogP contribution in [-0.4, -0.2) is 4.98 Å². The van der Waals surface area contributed by atoms with Crippen molar-refractivity contribution in [2.24, 2.45) is 5.73 Å². The maximum Gasteiger partial charge on any atom is 0.136 e. The lowest BCUT2D eigenvalue weighted by Gasteiger charge is -2.17. The standard InChI is InChI=1S/C14H16F2N2S/c1-4-10-12(14(2,3)17)19-13(18-10)11-8(15)6-5-7-9(11)16/h5-7H,4,17H2,1-3H3. The lowest BCUT2D eigenvalue weighted by molar-refractivity contribution is 0.559. The van der Waals surface area contributed by atoms with Gasteiger partial charge in [0.2, 0.25) is 0 Å². The normalized spacial score (nSPS) is 11.9. The van der Waals surface area contributed by atoms with Crippen LogP contribution in [0.2, 0.25) is 0 Å². The van der Waals surface area contributed by atoms with Gasteiger partial charge in [-0.25, -0.2) is 13.8 Å². The van der Waals surface area contributed by atoms with Gasteiger partial charge in [-0.15, -0.1) is 11.3 Å². The number of benzene rings is 1. The van der Waals surface area contributed by atoms with Crippen molar-refractivity contribution in [3.8, 4) is 10.6 Å². The molecular formula is C14H16F2N2S. The molecule has 0 fully saturated rings. The molecule has 0 saturated carbocycles. The van der Waals surface area contributed by atoms with Crippen molar-refractivity contribution in [1.29, 1.82) is 0 Å². The quantitative estimate of drug-likeness (QED) is 0.928. The van der Waals surface area contributed by atoms with Gasteiger partial charge in [-0.1, -0.05) is 13.0 Å². The van der Waals surface area contributed by atoms with E-state index in [-0.39, 0.29) is 5.56 Å². The third-order valence-electron chi connectivity index (χ3n) is 2.79. The number of halogens is 2. The zero-order chi connectivity index (χ0) is 14.2. The van der Waals surface area contributed by atoms with E-state index in [0.717, 1.165) is 10.6 Å². The van der Waals surface area contributed by atoms with E-state index in [2.05, 4.69) is 4.98 Å². The first-order valence-electron chi connectivity index (χ1n) is 6.08. The highest BCUT2D eigenvalue weighted by atomic mass is 32.1. The number of hydrogen-bond donors (Lipinski definition) is 1. The minimum atomic E-state index is -0.599. The highest BCUT2D eigenvalue weighted by Crippen LogP contribution is 2.36. The van der Waals surface area contributed by atoms with Gasteiger partial charge in [0.25, 0.3) is 0 Å². The van der Waals surface area contributed by atoms with Gasteiger partial charge in [-0.05, 0) is 32.4 Å². The van der Waals surface area contributed by atoms with Crippen molar-refractivity contribution in [2.75, 3.05) is 0 Å². The highest BCUT2D eigenvalue weighted by molar-refractivity contribution is 7.15. The van der Waals surface area contributed by atoms with Crippen LogP contribution in [-0.2, 0) is 12.0 Å². The van der Waals surface area contributed by atoms with Crippen molar-refractivity contribution in [3.63, 3.8) is 0 Å². The summed E-state index contributed by atoms with van der Waals surface area (Å²) in [6, 6.07) is 3.81. The van der Waals surface area contributed by atoms with Crippen molar-refractivity contribution in [2.45, 2.75) is 32.7 Å². The van der Waals surface area contributed by atoms with Crippen LogP contribution in [0.5, 0.6) is 0 Å². The topological polar surface area (TPSA) is 38.9 Å². The molecule has 2 aromatic rings. The number of thiazole rings is 1. The summed E-state index contributed by atoms with van der Waals surface area (Å²) in [5, 5.41) is 0.348. The predicted molar refractivity (Wildman–Crippen MR) is 74.1 cm³/mol. The average molecular weight is 282 g/mol. The Morgan fingerprint density at radius 3 is 2.26 bits per heavy atom. The molecular weight excluding hydrogens is 266 g/mol. The van der Waals surface area contributed by atoms with Gasteiger partial charge in [0, 0.05) is 10.4 Å². The third kappa shape index (κ3) is 2.67. The van der Waals surface area contributed by atoms with E-state index >= 15 is 0 Å². The summed E-state index contributed by atoms with van der Waals surface area (Å²) in [6.07, 6.45) is 0.683. The van der Waals surface area contributed by atoms with Crippen LogP contribution in [0.15, 0.2) is 18.2 Å². The van der Waals surface area contributed by atoms with Gasteiger partial charge in [-0.3, -0.25) is 0 Å². The largest absolute Gasteiger partial charge is 0.321 e. The predicted octanol–water partition coefficient (Wildman–Crippen LogP) is 3.84. The van der Waals surface area contributed by atoms with Crippen molar-refractivity contribution in [1.82, 2.24) is 4.98 Å². The summed E-state index contributed by atoms with van der Waals surface area (Å²) < 4.78 is 27.5. The number of nitrogens with two attached hydrogens (primary N) is 1. The molecule has 0 spiro atoms. The minimum absolute atomic E-state index is 0.0716. The van der Waals surface area contributed by atoms with Crippen LogP contribution >= 0.6 is 11.3 Å². The van der Waals surface area contributed by atoms with E-state index in [9.17, 15) is 8.78 Å². The van der Waals surface area contributed by atoms with Gasteiger partial charge in [0.05, 0.1) is 11.3 Å². The molecule has 102 valence electrons. The van der Waals surface area contributed by atoms with Gasteiger partial charge in [-0.2, -0.15) is 0 Å². The fourth-order valence-electron chi connectivity index (χ4n) is 1.90. The molecule has 0 aliphatic heterocycles. The summed E-state index contributed by atoms with van der Waals surface area (Å²) in [6.45, 7) is 5.67. The second-order valence-corrected chi connectivity index (χ2v) is 5.97. The molecule has 2 rings (SSSR count). The number of aromatic nitrogens is 1. The lowest BCUT2D eigenvalue weighted by atomic mass is 10.0. The SMILES string of the molecule is CCc1nc(-c2c(F)cccc2F)sc1C(C)(C)N. The average Bonchev–Trinajstić information content (AvgIpc) is 2.72. The lowest BCUT2D eigenvalue weighted by Crippen LogP contribution is -2.28. The first-order chi connectivity index (χ1) is 8.84. The Morgan fingerprint density at radius 2 is 1.84 bits per heavy atom. The van der Waals surface area contributed by atoms with Crippen LogP contribution < -0.4 is 5.73 Å². The molecule has 0 bridgehead atoms. The maximum atomic E-state index is 13.8. The molecule has 0 aliphatic rings. The fraction of sp³-hybridized carbons (Fsp3) is 0.357. The third-order valence-corrected chi connectivity index (χ3v) is 4.25. The van der Waals surface area contributed by atoms with E-state index in [4.69, 9.17) is 5.73 Å². The number of rotatable bonds is 3. The van der Waals surface area contributed by atoms with E-state index in [1.807, 2.05) is 20.8 Å². The van der Waals surface area contributed by atoms with Crippen molar-refractivity contribution < 1.29 is 8.78 Å². The molecule has 1 heterocycles. The van der Waals surface area contributed by atoms with Gasteiger partial charge < -0.3 is 5.73 Å². The molecule has 0 amide bonds. The van der Waals surface area contributed by atoms with Crippen LogP contribution in [0.25, 0.3) is 10.6 Å². The van der Waals surface area contributed by atoms with Gasteiger partial charge >= 0.3 is 0 Å². The first-order valence-corrected chi connectivity index (χ1v) is 6.89. The second kappa shape index (κ2) is 4.98. The highest BCUT2D eigenvalue weighted by Gasteiger charge is 2.25. The summed E-state index contributed by atoms with van der Waals surface area (Å²) >= 11 is 1.26. The fourth-order valence-corrected chi connectivity index (χ4v) is 3.12. The Kier molecular flexibility index (Phi) is 3.69. The summed E-state index contributed by atoms with van der Waals surface area (Å²) in [5.41, 5.74) is 6.25. The Labute approximate surface area is 115 Å². The molecule has 2 N–H and O–H groups in total. The summed E-state index contributed by atoms with van der Waals surface area (Å²) in [4.78, 5) is 5.21. The van der Waals surface area contributed by atoms with E-state index in [1.165, 1.54) is 29.5 Å². The minimum Gasteiger partial charge on any atom is -0.321 e. The molecule has 0 aliphatic carbocycles. The molecule has 5 heteroatoms. The van der Waals surface area contributed by atoms with Crippen LogP contribution in [0.4, 0.5) is 8.78 Å². The Morgan fingerprint density at radius 1 is 1.26 bits per heavy atom. The molecule has 1 aromatic carbocycles. The van der Waals surface area contributed by atoms with Gasteiger partial charge in [0.1, 0.15) is 16.6 Å². The second-order valence-electron chi connectivity index (χ2n) is 4.97. The molecule has 1 aromatic heterocycles. The van der Waals surface area contributed by atoms with E-state index in [1.54, 1.807) is 0 Å². The zero-order valence-corrected chi connectivity index (χ0v) is 11.9. The Bertz CT molecular complexity index is 580. The molecule has 2 nitrogen and oxygen atoms in total. The van der Waals surface area contributed by atoms with Crippen molar-refractivity contribution >= 4 is 11.3 Å². The van der Waals surface area contributed by atoms with Crippen LogP contribution in [0.1, 0.15) is 31.3 Å². The van der Waals surface area contributed by atoms with Crippen molar-refractivity contribution in [3.05, 3.63) is 40.4 Å². The van der Waals surface area contributed by atoms with Crippen LogP contribution in [0, 0.1) is 11.6 Å². The molecule has 0 atom stereocenters. The van der Waals surface area contributed by atoms with Gasteiger partial charge in [0.15, 0.2) is 0 Å². The molecule has 0 unspecified atom stereocenters. The molecule has 19 heavy (non-hydrogen) atoms. The molecule has 0 radical (unpaired) electrons. The number of nitrogens with zero attached hydrogens (tertiary/aromatic N) is 1. The summed E-state index contributed by atoms with van der Waals surface area (Å²) in [7, 11) is 0. The number of aryl methyl sites for hydroxylation is 1. The smallest absolute Gasteiger partial charge is 0.136 e. The van der Waals surface area contributed by atoms with E-state index in [0.29, 0.717) is 11.4 Å². The van der Waals surface area contributed by atoms with Crippen LogP contribution in [0.3, 0.4) is 0 Å². The maximum absolute atomic E-state index is 13.8. The summed E-state index contributed by atoms with van der Waals surface area (Å²) in [5.74, 6) is -1.20. The number of hydrogen-bond acceptors (Lipinski definition) is 3. The zero-order valence-electron chi connectivity index (χ0n) is 11.1. The first kappa shape index (κ1) is 14.1. The monoisotopic (exact) mass is 282 g/mol. The van der Waals surface area contributed by atoms with E-state index < -0.39 is 17.2 Å². The molecule has 0 saturated heterocycles. The Hall–Kier alpha value is -1.33.